The summed E-state index contributed by atoms with van der Waals surface area (Å²) in [6.45, 7) is 1.36. The second-order valence-electron chi connectivity index (χ2n) is 10.1. The molecule has 3 aromatic carbocycles. The van der Waals surface area contributed by atoms with E-state index in [1.165, 1.54) is 12.0 Å². The zero-order valence-electron chi connectivity index (χ0n) is 23.0. The molecule has 42 heavy (non-hydrogen) atoms. The number of carboxylic acid groups (broad SMARTS) is 1. The van der Waals surface area contributed by atoms with Gasteiger partial charge in [0.15, 0.2) is 0 Å². The van der Waals surface area contributed by atoms with Crippen LogP contribution in [0.15, 0.2) is 77.7 Å². The van der Waals surface area contributed by atoms with E-state index in [1.807, 2.05) is 6.92 Å². The molecular formula is C31H30N4O7. The molecule has 2 aliphatic rings. The lowest BCUT2D eigenvalue weighted by atomic mass is 9.96. The highest BCUT2D eigenvalue weighted by Crippen LogP contribution is 2.33. The van der Waals surface area contributed by atoms with Crippen LogP contribution in [0.1, 0.15) is 35.6 Å². The summed E-state index contributed by atoms with van der Waals surface area (Å²) in [6.07, 6.45) is 0.923. The monoisotopic (exact) mass is 570 g/mol. The Labute approximate surface area is 241 Å². The van der Waals surface area contributed by atoms with Gasteiger partial charge in [0.05, 0.1) is 13.7 Å². The van der Waals surface area contributed by atoms with Gasteiger partial charge in [0.2, 0.25) is 0 Å². The van der Waals surface area contributed by atoms with Crippen LogP contribution < -0.4 is 20.9 Å². The van der Waals surface area contributed by atoms with Crippen molar-refractivity contribution in [2.24, 2.45) is 0 Å². The molecule has 3 heterocycles. The average molecular weight is 571 g/mol. The number of aromatic nitrogens is 1. The number of hydrogen-bond donors (Lipinski definition) is 4. The van der Waals surface area contributed by atoms with E-state index in [-0.39, 0.29) is 24.6 Å². The van der Waals surface area contributed by atoms with Crippen molar-refractivity contribution in [2.75, 3.05) is 30.9 Å². The van der Waals surface area contributed by atoms with Gasteiger partial charge in [-0.1, -0.05) is 37.3 Å². The highest BCUT2D eigenvalue weighted by Gasteiger charge is 2.29. The van der Waals surface area contributed by atoms with Crippen LogP contribution in [0.25, 0.3) is 10.8 Å². The molecule has 4 aromatic rings. The first-order valence-electron chi connectivity index (χ1n) is 13.3. The van der Waals surface area contributed by atoms with Crippen LogP contribution >= 0.6 is 0 Å². The van der Waals surface area contributed by atoms with Gasteiger partial charge in [-0.3, -0.25) is 19.7 Å². The number of ether oxygens (including phenoxy) is 2. The minimum absolute atomic E-state index is 0.0441. The van der Waals surface area contributed by atoms with E-state index in [9.17, 15) is 24.3 Å². The fourth-order valence-electron chi connectivity index (χ4n) is 5.01. The van der Waals surface area contributed by atoms with Crippen LogP contribution in [0.5, 0.6) is 5.75 Å². The smallest absolute Gasteiger partial charge is 0.411 e. The first kappa shape index (κ1) is 28.2. The molecule has 0 radical (unpaired) electrons. The Morgan fingerprint density at radius 3 is 2.71 bits per heavy atom. The molecule has 11 nitrogen and oxygen atoms in total. The Hall–Kier alpha value is -5.32. The minimum atomic E-state index is -1.19. The summed E-state index contributed by atoms with van der Waals surface area (Å²) in [6, 6.07) is 17.9. The fourth-order valence-corrected chi connectivity index (χ4v) is 5.01. The van der Waals surface area contributed by atoms with Crippen molar-refractivity contribution in [3.05, 3.63) is 100.0 Å². The van der Waals surface area contributed by atoms with Crippen LogP contribution in [-0.4, -0.2) is 53.2 Å². The van der Waals surface area contributed by atoms with E-state index in [1.54, 1.807) is 72.9 Å². The van der Waals surface area contributed by atoms with Crippen molar-refractivity contribution in [3.63, 3.8) is 0 Å². The number of hydrogen-bond acceptors (Lipinski definition) is 7. The summed E-state index contributed by atoms with van der Waals surface area (Å²) in [5, 5.41) is 16.8. The number of methoxy groups -OCH3 is 1. The summed E-state index contributed by atoms with van der Waals surface area (Å²) in [7, 11) is 1.50. The van der Waals surface area contributed by atoms with Gasteiger partial charge >= 0.3 is 12.1 Å². The third-order valence-electron chi connectivity index (χ3n) is 7.10. The Balaban J connectivity index is 1.63. The standard InChI is InChI=1S/C31H30N4O7/c1-18-17-42-31(40)34-22-5-3-4-19(12-22)15-35(16-27(36)37)30(39)28(21-7-9-24(18)26(13-21)41-2)33-23-8-6-20-10-11-32-29(38)25(20)14-23/h3-14,18,28,33H,15-17H2,1-2H3,(H,32,38)(H,34,40)(H,36,37)/t18-,28+/m0/s1. The zero-order valence-corrected chi connectivity index (χ0v) is 23.0. The molecule has 0 fully saturated rings. The summed E-state index contributed by atoms with van der Waals surface area (Å²) in [5.41, 5.74) is 2.54. The summed E-state index contributed by atoms with van der Waals surface area (Å²) in [4.78, 5) is 54.9. The number of rotatable bonds is 5. The maximum atomic E-state index is 14.2. The molecule has 216 valence electrons. The van der Waals surface area contributed by atoms with Gasteiger partial charge in [-0.25, -0.2) is 4.79 Å². The number of aromatic amines is 1. The predicted octanol–water partition coefficient (Wildman–Crippen LogP) is 4.47. The predicted molar refractivity (Wildman–Crippen MR) is 157 cm³/mol. The Kier molecular flexibility index (Phi) is 8.09. The molecule has 4 bridgehead atoms. The normalized spacial score (nSPS) is 17.4. The van der Waals surface area contributed by atoms with Gasteiger partial charge in [0.25, 0.3) is 11.5 Å². The van der Waals surface area contributed by atoms with Crippen molar-refractivity contribution >= 4 is 40.1 Å². The molecule has 1 aromatic heterocycles. The van der Waals surface area contributed by atoms with E-state index in [0.717, 1.165) is 10.9 Å². The van der Waals surface area contributed by atoms with Gasteiger partial charge in [-0.15, -0.1) is 0 Å². The van der Waals surface area contributed by atoms with Gasteiger partial charge in [0, 0.05) is 41.0 Å². The number of amides is 2. The van der Waals surface area contributed by atoms with Gasteiger partial charge in [0.1, 0.15) is 18.3 Å². The number of nitrogens with one attached hydrogen (secondary N) is 3. The number of carbonyl (C=O) groups excluding carboxylic acids is 2. The van der Waals surface area contributed by atoms with Gasteiger partial charge in [-0.2, -0.15) is 0 Å². The maximum absolute atomic E-state index is 14.2. The van der Waals surface area contributed by atoms with Crippen LogP contribution in [0.2, 0.25) is 0 Å². The number of anilines is 2. The molecule has 6 rings (SSSR count). The molecule has 2 atom stereocenters. The lowest BCUT2D eigenvalue weighted by Gasteiger charge is -2.29. The Bertz CT molecular complexity index is 1720. The number of nitrogens with zero attached hydrogens (tertiary/aromatic N) is 1. The number of aliphatic carboxylic acids is 1. The van der Waals surface area contributed by atoms with E-state index in [4.69, 9.17) is 9.47 Å². The number of benzene rings is 3. The minimum Gasteiger partial charge on any atom is -0.496 e. The van der Waals surface area contributed by atoms with E-state index >= 15 is 0 Å². The largest absolute Gasteiger partial charge is 0.496 e. The summed E-state index contributed by atoms with van der Waals surface area (Å²) in [5.74, 6) is -1.46. The molecular weight excluding hydrogens is 540 g/mol. The van der Waals surface area contributed by atoms with Crippen molar-refractivity contribution in [1.29, 1.82) is 0 Å². The molecule has 4 N–H and O–H groups in total. The highest BCUT2D eigenvalue weighted by atomic mass is 16.5. The van der Waals surface area contributed by atoms with Crippen LogP contribution in [0.3, 0.4) is 0 Å². The maximum Gasteiger partial charge on any atom is 0.411 e. The summed E-state index contributed by atoms with van der Waals surface area (Å²) < 4.78 is 11.1. The second kappa shape index (κ2) is 12.0. The number of carbonyl (C=O) groups is 3. The highest BCUT2D eigenvalue weighted by molar-refractivity contribution is 5.91. The lowest BCUT2D eigenvalue weighted by molar-refractivity contribution is -0.145. The molecule has 0 aliphatic carbocycles. The number of fused-ring (bicyclic) bond motifs is 10. The third-order valence-corrected chi connectivity index (χ3v) is 7.10. The number of H-pyrrole nitrogens is 1. The number of pyridine rings is 1. The zero-order chi connectivity index (χ0) is 29.8. The molecule has 0 unspecified atom stereocenters. The average Bonchev–Trinajstić information content (AvgIpc) is 2.97. The van der Waals surface area contributed by atoms with Gasteiger partial charge in [-0.05, 0) is 52.9 Å². The van der Waals surface area contributed by atoms with Crippen molar-refractivity contribution in [3.8, 4) is 5.75 Å². The van der Waals surface area contributed by atoms with Crippen LogP contribution in [0, 0.1) is 0 Å². The SMILES string of the molecule is COc1cc2ccc1[C@@H](C)COC(=O)Nc1cccc(c1)CN(CC(=O)O)C(=O)[C@@H]2Nc1ccc2cc[nH]c(=O)c2c1. The topological polar surface area (TPSA) is 150 Å². The summed E-state index contributed by atoms with van der Waals surface area (Å²) >= 11 is 0. The quantitative estimate of drug-likeness (QED) is 0.275. The fraction of sp³-hybridized carbons (Fsp3) is 0.226. The number of carboxylic acids is 1. The first-order chi connectivity index (χ1) is 20.2. The second-order valence-corrected chi connectivity index (χ2v) is 10.1. The molecule has 0 saturated heterocycles. The van der Waals surface area contributed by atoms with Crippen molar-refractivity contribution < 1.29 is 29.0 Å². The Morgan fingerprint density at radius 2 is 1.93 bits per heavy atom. The van der Waals surface area contributed by atoms with Crippen molar-refractivity contribution in [1.82, 2.24) is 9.88 Å². The van der Waals surface area contributed by atoms with Crippen molar-refractivity contribution in [2.45, 2.75) is 25.4 Å². The van der Waals surface area contributed by atoms with Gasteiger partial charge < -0.3 is 29.8 Å². The molecule has 11 heteroatoms. The Morgan fingerprint density at radius 1 is 1.10 bits per heavy atom. The van der Waals surface area contributed by atoms with E-state index in [2.05, 4.69) is 15.6 Å². The molecule has 2 amide bonds. The van der Waals surface area contributed by atoms with E-state index in [0.29, 0.717) is 33.6 Å². The molecule has 0 saturated carbocycles. The van der Waals surface area contributed by atoms with E-state index < -0.39 is 30.6 Å². The third kappa shape index (κ3) is 6.20. The molecule has 0 spiro atoms. The van der Waals surface area contributed by atoms with Crippen LogP contribution in [0.4, 0.5) is 16.2 Å². The van der Waals surface area contributed by atoms with Crippen LogP contribution in [-0.2, 0) is 20.9 Å². The molecule has 2 aliphatic heterocycles. The first-order valence-corrected chi connectivity index (χ1v) is 13.3. The lowest BCUT2D eigenvalue weighted by Crippen LogP contribution is -2.40.